The molecule has 7 heteroatoms. The summed E-state index contributed by atoms with van der Waals surface area (Å²) in [7, 11) is 0. The molecule has 2 amide bonds. The van der Waals surface area contributed by atoms with E-state index in [-0.39, 0.29) is 47.7 Å². The van der Waals surface area contributed by atoms with E-state index in [2.05, 4.69) is 64.3 Å². The van der Waals surface area contributed by atoms with Gasteiger partial charge in [0, 0.05) is 38.9 Å². The molecule has 8 rings (SSSR count). The number of fused-ring (bicyclic) bond motifs is 10. The van der Waals surface area contributed by atoms with Crippen LogP contribution in [0.3, 0.4) is 0 Å². The van der Waals surface area contributed by atoms with Gasteiger partial charge in [-0.1, -0.05) is 90.5 Å². The number of amides is 2. The van der Waals surface area contributed by atoms with E-state index in [1.807, 2.05) is 0 Å². The van der Waals surface area contributed by atoms with Crippen LogP contribution in [-0.4, -0.2) is 46.7 Å². The van der Waals surface area contributed by atoms with Crippen LogP contribution in [0.2, 0.25) is 0 Å². The number of hydrogen-bond acceptors (Lipinski definition) is 5. The molecule has 0 aliphatic heterocycles. The molecule has 0 spiro atoms. The zero-order valence-corrected chi connectivity index (χ0v) is 42.8. The van der Waals surface area contributed by atoms with Gasteiger partial charge in [0.05, 0.1) is 0 Å². The number of unbranched alkanes of at least 4 members (excludes halogenated alkanes) is 4. The Balaban J connectivity index is 1.13. The number of carbonyl (C=O) groups excluding carboxylic acids is 2. The quantitative estimate of drug-likeness (QED) is 0.0623. The lowest BCUT2D eigenvalue weighted by molar-refractivity contribution is -0.245. The Kier molecular flexibility index (Phi) is 15.0. The third-order valence-electron chi connectivity index (χ3n) is 22.5. The Morgan fingerprint density at radius 2 is 1.00 bits per heavy atom. The average Bonchev–Trinajstić information content (AvgIpc) is 3.81. The SMILES string of the molecule is CC[C@H]1CC[C@H]2[C@@H]3CC=C4C[C@@H](C(CCCCCO)(NC(C)=O)OC(CCCCCO)(NC(C)=O)[C@H]5CC[C@@]6(C)C(=CC[C@H]7[C@@H]8CC[C@H](CC)[C@@]8(C)CC[C@@H]76)C5)CC[C@]4(C)[C@H]3CC[C@]12C. The van der Waals surface area contributed by atoms with Crippen LogP contribution in [0.5, 0.6) is 0 Å². The maximum atomic E-state index is 13.8. The summed E-state index contributed by atoms with van der Waals surface area (Å²) in [5, 5.41) is 27.1. The van der Waals surface area contributed by atoms with Crippen LogP contribution in [0, 0.1) is 80.8 Å². The number of ether oxygens (including phenoxy) is 1. The minimum Gasteiger partial charge on any atom is -0.396 e. The number of aliphatic hydroxyl groups is 2. The van der Waals surface area contributed by atoms with Gasteiger partial charge in [-0.25, -0.2) is 0 Å². The maximum Gasteiger partial charge on any atom is 0.219 e. The second-order valence-electron chi connectivity index (χ2n) is 25.2. The molecule has 0 saturated heterocycles. The van der Waals surface area contributed by atoms with Gasteiger partial charge in [0.1, 0.15) is 11.4 Å². The Hall–Kier alpha value is -1.70. The molecule has 0 aromatic rings. The summed E-state index contributed by atoms with van der Waals surface area (Å²) in [6.07, 6.45) is 33.4. The minimum atomic E-state index is -0.983. The second-order valence-corrected chi connectivity index (χ2v) is 25.2. The van der Waals surface area contributed by atoms with Crippen molar-refractivity contribution < 1.29 is 24.5 Å². The number of hydrogen-bond donors (Lipinski definition) is 4. The molecule has 0 heterocycles. The molecule has 16 atom stereocenters. The predicted molar refractivity (Wildman–Crippen MR) is 263 cm³/mol. The lowest BCUT2D eigenvalue weighted by Crippen LogP contribution is -2.67. The average molecular weight is 901 g/mol. The van der Waals surface area contributed by atoms with E-state index in [1.54, 1.807) is 25.0 Å². The molecule has 0 aromatic carbocycles. The van der Waals surface area contributed by atoms with Gasteiger partial charge in [-0.05, 0) is 210 Å². The van der Waals surface area contributed by atoms with Crippen molar-refractivity contribution in [2.45, 2.75) is 234 Å². The monoisotopic (exact) mass is 901 g/mol. The van der Waals surface area contributed by atoms with Crippen molar-refractivity contribution in [3.8, 4) is 0 Å². The maximum absolute atomic E-state index is 13.8. The van der Waals surface area contributed by atoms with Gasteiger partial charge in [0.2, 0.25) is 11.8 Å². The summed E-state index contributed by atoms with van der Waals surface area (Å²) >= 11 is 0. The molecular formula is C58H96N2O5. The highest BCUT2D eigenvalue weighted by Crippen LogP contribution is 2.69. The van der Waals surface area contributed by atoms with Gasteiger partial charge >= 0.3 is 0 Å². The van der Waals surface area contributed by atoms with Crippen LogP contribution >= 0.6 is 0 Å². The van der Waals surface area contributed by atoms with Gasteiger partial charge in [0.15, 0.2) is 0 Å². The van der Waals surface area contributed by atoms with Crippen LogP contribution in [0.15, 0.2) is 23.3 Å². The van der Waals surface area contributed by atoms with Gasteiger partial charge in [-0.15, -0.1) is 0 Å². The van der Waals surface area contributed by atoms with Crippen molar-refractivity contribution in [1.29, 1.82) is 0 Å². The molecule has 368 valence electrons. The number of rotatable bonds is 18. The van der Waals surface area contributed by atoms with Crippen LogP contribution in [0.1, 0.15) is 222 Å². The summed E-state index contributed by atoms with van der Waals surface area (Å²) in [6.45, 7) is 19.0. The fourth-order valence-corrected chi connectivity index (χ4v) is 19.0. The van der Waals surface area contributed by atoms with Crippen molar-refractivity contribution in [3.05, 3.63) is 23.3 Å². The molecule has 8 aliphatic carbocycles. The first-order valence-electron chi connectivity index (χ1n) is 27.9. The van der Waals surface area contributed by atoms with E-state index in [1.165, 1.54) is 77.0 Å². The molecule has 6 saturated carbocycles. The van der Waals surface area contributed by atoms with Crippen molar-refractivity contribution in [2.24, 2.45) is 80.8 Å². The molecule has 7 nitrogen and oxygen atoms in total. The molecule has 0 bridgehead atoms. The van der Waals surface area contributed by atoms with Crippen molar-refractivity contribution in [1.82, 2.24) is 10.6 Å². The van der Waals surface area contributed by atoms with Crippen LogP contribution in [-0.2, 0) is 14.3 Å². The molecule has 8 aliphatic rings. The summed E-state index contributed by atoms with van der Waals surface area (Å²) in [5.41, 5.74) is 2.52. The molecule has 0 aromatic heterocycles. The van der Waals surface area contributed by atoms with E-state index >= 15 is 0 Å². The Bertz CT molecular complexity index is 1640. The van der Waals surface area contributed by atoms with Gasteiger partial charge in [0.25, 0.3) is 0 Å². The molecule has 2 unspecified atom stereocenters. The largest absolute Gasteiger partial charge is 0.396 e. The first-order chi connectivity index (χ1) is 31.1. The van der Waals surface area contributed by atoms with E-state index in [0.29, 0.717) is 35.5 Å². The number of nitrogens with one attached hydrogen (secondary N) is 2. The third-order valence-corrected chi connectivity index (χ3v) is 22.5. The number of carbonyl (C=O) groups is 2. The summed E-state index contributed by atoms with van der Waals surface area (Å²) in [5.74, 6) is 6.31. The number of aliphatic hydroxyl groups excluding tert-OH is 2. The van der Waals surface area contributed by atoms with Crippen LogP contribution in [0.4, 0.5) is 0 Å². The van der Waals surface area contributed by atoms with E-state index in [0.717, 1.165) is 113 Å². The Morgan fingerprint density at radius 1 is 0.585 bits per heavy atom. The summed E-state index contributed by atoms with van der Waals surface area (Å²) in [4.78, 5) is 27.7. The Morgan fingerprint density at radius 3 is 1.37 bits per heavy atom. The zero-order valence-electron chi connectivity index (χ0n) is 42.8. The molecule has 6 fully saturated rings. The fraction of sp³-hybridized carbons (Fsp3) is 0.897. The highest BCUT2D eigenvalue weighted by atomic mass is 16.6. The molecular weight excluding hydrogens is 805 g/mol. The van der Waals surface area contributed by atoms with Crippen molar-refractivity contribution in [2.75, 3.05) is 13.2 Å². The van der Waals surface area contributed by atoms with Crippen molar-refractivity contribution >= 4 is 11.8 Å². The topological polar surface area (TPSA) is 108 Å². The van der Waals surface area contributed by atoms with Gasteiger partial charge < -0.3 is 25.6 Å². The number of allylic oxidation sites excluding steroid dienone is 4. The fourth-order valence-electron chi connectivity index (χ4n) is 19.0. The summed E-state index contributed by atoms with van der Waals surface area (Å²) < 4.78 is 8.07. The Labute approximate surface area is 396 Å². The first kappa shape index (κ1) is 49.7. The minimum absolute atomic E-state index is 0.0604. The second kappa shape index (κ2) is 19.6. The smallest absolute Gasteiger partial charge is 0.219 e. The first-order valence-corrected chi connectivity index (χ1v) is 27.9. The molecule has 4 N–H and O–H groups in total. The molecule has 0 radical (unpaired) electrons. The predicted octanol–water partition coefficient (Wildman–Crippen LogP) is 13.0. The van der Waals surface area contributed by atoms with E-state index in [4.69, 9.17) is 4.74 Å². The van der Waals surface area contributed by atoms with Gasteiger partial charge in [-0.2, -0.15) is 0 Å². The third kappa shape index (κ3) is 8.82. The van der Waals surface area contributed by atoms with Crippen LogP contribution in [0.25, 0.3) is 0 Å². The molecule has 65 heavy (non-hydrogen) atoms. The zero-order chi connectivity index (χ0) is 46.4. The van der Waals surface area contributed by atoms with Gasteiger partial charge in [-0.3, -0.25) is 9.59 Å². The van der Waals surface area contributed by atoms with Crippen molar-refractivity contribution in [3.63, 3.8) is 0 Å². The standard InChI is InChI=1S/C58H96N2O5/c1-9-41-19-23-49-47-21-17-43-37-45(25-31-55(43,7)51(47)27-33-53(41,49)5)57(59-39(3)63,29-13-11-15-35-61)65-58(60-40(4)64,30-14-12-16-36-62)46-26-32-56(8)44(38-46)18-22-48-50-24-20-42(10-2)54(50,6)34-28-52(48)56/h17-18,41-42,45-52,61-62H,9-16,19-38H2,1-8H3,(H,59,63)(H,60,64)/t41-,42-,45-,46-,47-,48-,49-,50-,51-,52-,53+,54+,55-,56-,57?,58?/m0/s1. The lowest BCUT2D eigenvalue weighted by atomic mass is 9.46. The van der Waals surface area contributed by atoms with Crippen LogP contribution < -0.4 is 10.6 Å². The van der Waals surface area contributed by atoms with E-state index < -0.39 is 11.4 Å². The highest BCUT2D eigenvalue weighted by Gasteiger charge is 2.62. The van der Waals surface area contributed by atoms with E-state index in [9.17, 15) is 19.8 Å². The highest BCUT2D eigenvalue weighted by molar-refractivity contribution is 5.74. The normalized spacial score (nSPS) is 42.6. The summed E-state index contributed by atoms with van der Waals surface area (Å²) in [6, 6.07) is 0. The lowest BCUT2D eigenvalue weighted by Gasteiger charge is -2.61.